The maximum Gasteiger partial charge on any atom is 0.243 e. The molecule has 1 aliphatic heterocycles. The molecule has 0 radical (unpaired) electrons. The fraction of sp³-hybridized carbons (Fsp3) is 0.136. The molecule has 0 amide bonds. The molecular formula is C22H20N6O3S. The molecule has 0 bridgehead atoms. The molecule has 4 aromatic rings. The van der Waals surface area contributed by atoms with E-state index in [1.807, 2.05) is 30.3 Å². The zero-order valence-electron chi connectivity index (χ0n) is 17.4. The summed E-state index contributed by atoms with van der Waals surface area (Å²) in [6.45, 7) is 0. The Labute approximate surface area is 184 Å². The van der Waals surface area contributed by atoms with Crippen molar-refractivity contribution in [3.05, 3.63) is 83.2 Å². The molecule has 1 atom stereocenters. The lowest BCUT2D eigenvalue weighted by atomic mass is 9.83. The van der Waals surface area contributed by atoms with Gasteiger partial charge >= 0.3 is 0 Å². The molecule has 2 aromatic carbocycles. The van der Waals surface area contributed by atoms with Crippen molar-refractivity contribution in [3.8, 4) is 11.6 Å². The molecule has 1 aliphatic rings. The Balaban J connectivity index is 1.94. The number of nitrogens with one attached hydrogen (secondary N) is 1. The van der Waals surface area contributed by atoms with Gasteiger partial charge in [-0.05, 0) is 23.8 Å². The number of sulfonamides is 1. The van der Waals surface area contributed by atoms with Crippen molar-refractivity contribution in [1.82, 2.24) is 18.9 Å². The Hall–Kier alpha value is -3.76. The molecule has 0 saturated carbocycles. The van der Waals surface area contributed by atoms with E-state index in [4.69, 9.17) is 16.0 Å². The van der Waals surface area contributed by atoms with Crippen LogP contribution in [0.3, 0.4) is 0 Å². The van der Waals surface area contributed by atoms with Crippen LogP contribution in [0.15, 0.2) is 66.0 Å². The van der Waals surface area contributed by atoms with Crippen LogP contribution in [0.25, 0.3) is 10.9 Å². The lowest BCUT2D eigenvalue weighted by molar-refractivity contribution is 0.429. The lowest BCUT2D eigenvalue weighted by Crippen LogP contribution is -2.34. The van der Waals surface area contributed by atoms with Crippen LogP contribution in [0.2, 0.25) is 0 Å². The Kier molecular flexibility index (Phi) is 4.50. The molecule has 0 fully saturated rings. The number of nitrogens with zero attached hydrogens (tertiary/aromatic N) is 4. The van der Waals surface area contributed by atoms with Gasteiger partial charge in [0, 0.05) is 37.2 Å². The summed E-state index contributed by atoms with van der Waals surface area (Å²) in [5.74, 6) is 6.07. The summed E-state index contributed by atoms with van der Waals surface area (Å²) < 4.78 is 34.9. The molecule has 3 N–H and O–H groups in total. The Morgan fingerprint density at radius 3 is 2.59 bits per heavy atom. The molecule has 162 valence electrons. The van der Waals surface area contributed by atoms with Gasteiger partial charge in [-0.3, -0.25) is 10.4 Å². The number of hydrogen-bond donors (Lipinski definition) is 2. The molecule has 3 heterocycles. The summed E-state index contributed by atoms with van der Waals surface area (Å²) in [5, 5.41) is 9.03. The van der Waals surface area contributed by atoms with Gasteiger partial charge in [-0.25, -0.2) is 22.4 Å². The number of rotatable bonds is 3. The Bertz CT molecular complexity index is 1530. The zero-order valence-corrected chi connectivity index (χ0v) is 18.2. The minimum Gasteiger partial charge on any atom is -0.436 e. The molecule has 1 unspecified atom stereocenters. The van der Waals surface area contributed by atoms with Gasteiger partial charge in [0.05, 0.1) is 10.5 Å². The number of benzene rings is 2. The maximum atomic E-state index is 13.2. The van der Waals surface area contributed by atoms with Crippen LogP contribution in [0.1, 0.15) is 22.6 Å². The number of aromatic nitrogens is 3. The topological polar surface area (TPSA) is 127 Å². The van der Waals surface area contributed by atoms with E-state index in [9.17, 15) is 8.42 Å². The van der Waals surface area contributed by atoms with Gasteiger partial charge in [0.15, 0.2) is 11.2 Å². The van der Waals surface area contributed by atoms with Gasteiger partial charge < -0.3 is 10.6 Å². The van der Waals surface area contributed by atoms with Crippen LogP contribution in [0.5, 0.6) is 11.6 Å². The summed E-state index contributed by atoms with van der Waals surface area (Å²) in [7, 11) is -0.819. The quantitative estimate of drug-likeness (QED) is 0.407. The third kappa shape index (κ3) is 2.88. The van der Waals surface area contributed by atoms with Crippen molar-refractivity contribution < 1.29 is 13.2 Å². The Morgan fingerprint density at radius 1 is 1.12 bits per heavy atom. The van der Waals surface area contributed by atoms with E-state index in [-0.39, 0.29) is 16.3 Å². The van der Waals surface area contributed by atoms with Crippen molar-refractivity contribution in [2.45, 2.75) is 10.8 Å². The highest BCUT2D eigenvalue weighted by atomic mass is 32.2. The van der Waals surface area contributed by atoms with E-state index in [0.29, 0.717) is 27.8 Å². The van der Waals surface area contributed by atoms with E-state index >= 15 is 0 Å². The summed E-state index contributed by atoms with van der Waals surface area (Å²) in [5.41, 5.74) is 2.32. The van der Waals surface area contributed by atoms with Crippen molar-refractivity contribution in [2.24, 2.45) is 0 Å². The minimum absolute atomic E-state index is 0.0210. The van der Waals surface area contributed by atoms with E-state index in [1.54, 1.807) is 24.4 Å². The van der Waals surface area contributed by atoms with Crippen molar-refractivity contribution in [2.75, 3.05) is 19.9 Å². The average molecular weight is 449 g/mol. The monoisotopic (exact) mass is 448 g/mol. The molecule has 10 heteroatoms. The van der Waals surface area contributed by atoms with Crippen LogP contribution < -0.4 is 16.1 Å². The van der Waals surface area contributed by atoms with Crippen LogP contribution >= 0.6 is 0 Å². The molecule has 5 rings (SSSR count). The van der Waals surface area contributed by atoms with E-state index in [2.05, 4.69) is 9.97 Å². The second kappa shape index (κ2) is 7.14. The highest BCUT2D eigenvalue weighted by Gasteiger charge is 2.36. The zero-order chi connectivity index (χ0) is 22.6. The third-order valence-electron chi connectivity index (χ3n) is 5.57. The predicted molar refractivity (Wildman–Crippen MR) is 118 cm³/mol. The molecular weight excluding hydrogens is 428 g/mol. The van der Waals surface area contributed by atoms with E-state index in [1.165, 1.54) is 24.7 Å². The number of fused-ring (bicyclic) bond motifs is 4. The van der Waals surface area contributed by atoms with Gasteiger partial charge in [-0.15, -0.1) is 0 Å². The number of nitrogens with two attached hydrogens (primary N) is 1. The largest absolute Gasteiger partial charge is 0.436 e. The molecule has 0 saturated heterocycles. The first kappa shape index (κ1) is 20.2. The summed E-state index contributed by atoms with van der Waals surface area (Å²) >= 11 is 0. The lowest BCUT2D eigenvalue weighted by Gasteiger charge is -2.29. The average Bonchev–Trinajstić information content (AvgIpc) is 2.80. The van der Waals surface area contributed by atoms with Gasteiger partial charge in [0.1, 0.15) is 11.8 Å². The molecule has 2 aromatic heterocycles. The summed E-state index contributed by atoms with van der Waals surface area (Å²) in [6, 6.07) is 14.5. The van der Waals surface area contributed by atoms with Crippen LogP contribution in [-0.2, 0) is 10.0 Å². The predicted octanol–water partition coefficient (Wildman–Crippen LogP) is 2.16. The third-order valence-corrected chi connectivity index (χ3v) is 7.43. The maximum absolute atomic E-state index is 13.2. The smallest absolute Gasteiger partial charge is 0.243 e. The molecule has 0 aliphatic carbocycles. The summed E-state index contributed by atoms with van der Waals surface area (Å²) in [4.78, 5) is 8.88. The van der Waals surface area contributed by atoms with E-state index in [0.717, 1.165) is 10.2 Å². The minimum atomic E-state index is -3.79. The van der Waals surface area contributed by atoms with Crippen molar-refractivity contribution in [1.29, 1.82) is 5.41 Å². The van der Waals surface area contributed by atoms with Gasteiger partial charge in [-0.1, -0.05) is 30.3 Å². The molecule has 0 spiro atoms. The van der Waals surface area contributed by atoms with Gasteiger partial charge in [0.2, 0.25) is 15.9 Å². The molecule has 9 nitrogen and oxygen atoms in total. The van der Waals surface area contributed by atoms with E-state index < -0.39 is 15.9 Å². The van der Waals surface area contributed by atoms with Gasteiger partial charge in [0.25, 0.3) is 0 Å². The highest BCUT2D eigenvalue weighted by Crippen LogP contribution is 2.48. The number of hydrogen-bond acceptors (Lipinski definition) is 7. The number of ether oxygens (including phenoxy) is 1. The van der Waals surface area contributed by atoms with Crippen LogP contribution in [-0.4, -0.2) is 41.5 Å². The van der Waals surface area contributed by atoms with Crippen molar-refractivity contribution in [3.63, 3.8) is 0 Å². The first-order valence-corrected chi connectivity index (χ1v) is 11.2. The first-order chi connectivity index (χ1) is 15.3. The Morgan fingerprint density at radius 2 is 1.88 bits per heavy atom. The fourth-order valence-corrected chi connectivity index (χ4v) is 5.12. The molecule has 32 heavy (non-hydrogen) atoms. The summed E-state index contributed by atoms with van der Waals surface area (Å²) in [6.07, 6.45) is 2.90. The van der Waals surface area contributed by atoms with Crippen LogP contribution in [0, 0.1) is 5.41 Å². The highest BCUT2D eigenvalue weighted by molar-refractivity contribution is 7.89. The van der Waals surface area contributed by atoms with Crippen LogP contribution in [0.4, 0.5) is 0 Å². The van der Waals surface area contributed by atoms with Gasteiger partial charge in [-0.2, -0.15) is 0 Å². The second-order valence-electron chi connectivity index (χ2n) is 7.65. The SMILES string of the molecule is CN(C)S(=O)(=O)c1cc2c(c3ncccc13)Oc1ncn(N)c(=N)c1C2c1ccccc1. The second-order valence-corrected chi connectivity index (χ2v) is 9.77. The normalized spacial score (nSPS) is 15.3. The number of pyridine rings is 1. The standard InChI is InChI=1S/C22H20N6O3S/c1-27(2)32(29,30)16-11-15-17(13-7-4-3-5-8-13)18-21(23)28(24)12-26-22(18)31-20(15)19-14(16)9-6-10-25-19/h3-12,17,23H,24H2,1-2H3. The van der Waals surface area contributed by atoms with Crippen molar-refractivity contribution >= 4 is 20.9 Å². The first-order valence-electron chi connectivity index (χ1n) is 9.79. The number of nitrogen functional groups attached to an aromatic ring is 1. The fourth-order valence-electron chi connectivity index (χ4n) is 4.01.